The molecule has 2 N–H and O–H groups in total. The molecule has 2 rings (SSSR count). The molecule has 0 spiro atoms. The minimum atomic E-state index is -0.473. The van der Waals surface area contributed by atoms with Gasteiger partial charge in [0.2, 0.25) is 0 Å². The highest BCUT2D eigenvalue weighted by Crippen LogP contribution is 2.17. The first-order valence-electron chi connectivity index (χ1n) is 6.41. The van der Waals surface area contributed by atoms with Crippen molar-refractivity contribution in [1.29, 1.82) is 0 Å². The van der Waals surface area contributed by atoms with Gasteiger partial charge in [0.05, 0.1) is 0 Å². The molecule has 0 saturated carbocycles. The van der Waals surface area contributed by atoms with Crippen LogP contribution in [0.1, 0.15) is 22.8 Å². The molecule has 0 aliphatic carbocycles. The third-order valence-corrected chi connectivity index (χ3v) is 3.00. The fourth-order valence-corrected chi connectivity index (χ4v) is 1.80. The summed E-state index contributed by atoms with van der Waals surface area (Å²) in [6, 6.07) is 10.2. The molecule has 0 aromatic heterocycles. The number of amides is 2. The van der Waals surface area contributed by atoms with Gasteiger partial charge in [-0.3, -0.25) is 4.79 Å². The summed E-state index contributed by atoms with van der Waals surface area (Å²) in [5.41, 5.74) is 2.29. The lowest BCUT2D eigenvalue weighted by molar-refractivity contribution is 0.101. The van der Waals surface area contributed by atoms with Gasteiger partial charge in [0, 0.05) is 16.9 Å². The molecule has 5 heteroatoms. The summed E-state index contributed by atoms with van der Waals surface area (Å²) in [4.78, 5) is 23.0. The Morgan fingerprint density at radius 3 is 2.29 bits per heavy atom. The molecule has 0 aliphatic rings. The number of halogens is 1. The molecule has 0 bridgehead atoms. The normalized spacial score (nSPS) is 10.0. The van der Waals surface area contributed by atoms with Crippen LogP contribution in [0, 0.1) is 12.7 Å². The number of carbonyl (C=O) groups is 2. The Morgan fingerprint density at radius 1 is 1.00 bits per heavy atom. The minimum Gasteiger partial charge on any atom is -0.308 e. The highest BCUT2D eigenvalue weighted by molar-refractivity contribution is 6.00. The number of carbonyl (C=O) groups excluding carboxylic acids is 2. The standard InChI is InChI=1S/C16H15FN2O2/c1-10-3-6-13(17)9-15(10)19-16(21)18-14-7-4-12(5-8-14)11(2)20/h3-9H,1-2H3,(H2,18,19,21). The summed E-state index contributed by atoms with van der Waals surface area (Å²) >= 11 is 0. The van der Waals surface area contributed by atoms with E-state index in [1.165, 1.54) is 19.1 Å². The van der Waals surface area contributed by atoms with Gasteiger partial charge in [0.1, 0.15) is 5.82 Å². The maximum Gasteiger partial charge on any atom is 0.323 e. The molecule has 108 valence electrons. The Labute approximate surface area is 122 Å². The van der Waals surface area contributed by atoms with Crippen LogP contribution in [0.2, 0.25) is 0 Å². The van der Waals surface area contributed by atoms with Crippen molar-refractivity contribution in [2.45, 2.75) is 13.8 Å². The van der Waals surface area contributed by atoms with Crippen molar-refractivity contribution in [3.05, 3.63) is 59.4 Å². The van der Waals surface area contributed by atoms with Crippen LogP contribution in [0.15, 0.2) is 42.5 Å². The molecule has 0 atom stereocenters. The van der Waals surface area contributed by atoms with E-state index in [1.54, 1.807) is 37.3 Å². The van der Waals surface area contributed by atoms with Crippen LogP contribution in [0.3, 0.4) is 0 Å². The molecule has 4 nitrogen and oxygen atoms in total. The fraction of sp³-hybridized carbons (Fsp3) is 0.125. The van der Waals surface area contributed by atoms with Gasteiger partial charge in [-0.15, -0.1) is 0 Å². The number of Topliss-reactive ketones (excluding diaryl/α,β-unsaturated/α-hetero) is 1. The Kier molecular flexibility index (Phi) is 4.33. The van der Waals surface area contributed by atoms with Crippen LogP contribution in [0.4, 0.5) is 20.6 Å². The van der Waals surface area contributed by atoms with E-state index in [0.717, 1.165) is 5.56 Å². The van der Waals surface area contributed by atoms with Crippen molar-refractivity contribution in [1.82, 2.24) is 0 Å². The largest absolute Gasteiger partial charge is 0.323 e. The lowest BCUT2D eigenvalue weighted by atomic mass is 10.1. The third-order valence-electron chi connectivity index (χ3n) is 3.00. The van der Waals surface area contributed by atoms with E-state index in [-0.39, 0.29) is 5.78 Å². The van der Waals surface area contributed by atoms with Crippen molar-refractivity contribution >= 4 is 23.2 Å². The van der Waals surface area contributed by atoms with Gasteiger partial charge in [-0.2, -0.15) is 0 Å². The first kappa shape index (κ1) is 14.7. The Balaban J connectivity index is 2.04. The van der Waals surface area contributed by atoms with Gasteiger partial charge in [0.25, 0.3) is 0 Å². The molecule has 0 heterocycles. The lowest BCUT2D eigenvalue weighted by Crippen LogP contribution is -2.20. The van der Waals surface area contributed by atoms with E-state index in [4.69, 9.17) is 0 Å². The molecule has 0 radical (unpaired) electrons. The van der Waals surface area contributed by atoms with Crippen molar-refractivity contribution in [2.75, 3.05) is 10.6 Å². The van der Waals surface area contributed by atoms with E-state index in [0.29, 0.717) is 16.9 Å². The maximum absolute atomic E-state index is 13.1. The average molecular weight is 286 g/mol. The second-order valence-electron chi connectivity index (χ2n) is 4.67. The molecule has 2 aromatic rings. The predicted octanol–water partition coefficient (Wildman–Crippen LogP) is 3.98. The summed E-state index contributed by atoms with van der Waals surface area (Å²) in [6.45, 7) is 3.25. The molecule has 2 amide bonds. The first-order chi connectivity index (χ1) is 9.95. The van der Waals surface area contributed by atoms with Crippen LogP contribution in [-0.4, -0.2) is 11.8 Å². The summed E-state index contributed by atoms with van der Waals surface area (Å²) in [5.74, 6) is -0.455. The number of aryl methyl sites for hydroxylation is 1. The van der Waals surface area contributed by atoms with Crippen LogP contribution < -0.4 is 10.6 Å². The van der Waals surface area contributed by atoms with E-state index in [1.807, 2.05) is 0 Å². The van der Waals surface area contributed by atoms with Crippen LogP contribution in [0.25, 0.3) is 0 Å². The number of hydrogen-bond acceptors (Lipinski definition) is 2. The number of urea groups is 1. The average Bonchev–Trinajstić information content (AvgIpc) is 2.43. The second-order valence-corrected chi connectivity index (χ2v) is 4.67. The van der Waals surface area contributed by atoms with Gasteiger partial charge >= 0.3 is 6.03 Å². The smallest absolute Gasteiger partial charge is 0.308 e. The zero-order valence-corrected chi connectivity index (χ0v) is 11.7. The number of benzene rings is 2. The van der Waals surface area contributed by atoms with Crippen LogP contribution in [-0.2, 0) is 0 Å². The van der Waals surface area contributed by atoms with Gasteiger partial charge < -0.3 is 10.6 Å². The molecule has 0 unspecified atom stereocenters. The SMILES string of the molecule is CC(=O)c1ccc(NC(=O)Nc2cc(F)ccc2C)cc1. The number of hydrogen-bond donors (Lipinski definition) is 2. The molecule has 0 fully saturated rings. The van der Waals surface area contributed by atoms with E-state index < -0.39 is 11.8 Å². The summed E-state index contributed by atoms with van der Waals surface area (Å²) in [7, 11) is 0. The monoisotopic (exact) mass is 286 g/mol. The Morgan fingerprint density at radius 2 is 1.67 bits per heavy atom. The zero-order chi connectivity index (χ0) is 15.4. The third kappa shape index (κ3) is 3.89. The Hall–Kier alpha value is -2.69. The molecular weight excluding hydrogens is 271 g/mol. The molecule has 2 aromatic carbocycles. The van der Waals surface area contributed by atoms with Gasteiger partial charge in [-0.25, -0.2) is 9.18 Å². The molecular formula is C16H15FN2O2. The van der Waals surface area contributed by atoms with Crippen molar-refractivity contribution < 1.29 is 14.0 Å². The van der Waals surface area contributed by atoms with E-state index in [9.17, 15) is 14.0 Å². The van der Waals surface area contributed by atoms with Gasteiger partial charge in [-0.05, 0) is 55.8 Å². The maximum atomic E-state index is 13.1. The quantitative estimate of drug-likeness (QED) is 0.838. The second kappa shape index (κ2) is 6.17. The van der Waals surface area contributed by atoms with Gasteiger partial charge in [0.15, 0.2) is 5.78 Å². The van der Waals surface area contributed by atoms with Crippen molar-refractivity contribution in [3.8, 4) is 0 Å². The van der Waals surface area contributed by atoms with Crippen molar-refractivity contribution in [3.63, 3.8) is 0 Å². The number of ketones is 1. The minimum absolute atomic E-state index is 0.0404. The lowest BCUT2D eigenvalue weighted by Gasteiger charge is -2.10. The summed E-state index contributed by atoms with van der Waals surface area (Å²) in [5, 5.41) is 5.20. The summed E-state index contributed by atoms with van der Waals surface area (Å²) in [6.07, 6.45) is 0. The van der Waals surface area contributed by atoms with E-state index in [2.05, 4.69) is 10.6 Å². The Bertz CT molecular complexity index is 681. The van der Waals surface area contributed by atoms with Crippen molar-refractivity contribution in [2.24, 2.45) is 0 Å². The predicted molar refractivity (Wildman–Crippen MR) is 80.2 cm³/mol. The fourth-order valence-electron chi connectivity index (χ4n) is 1.80. The number of anilines is 2. The molecule has 0 saturated heterocycles. The van der Waals surface area contributed by atoms with Crippen LogP contribution >= 0.6 is 0 Å². The van der Waals surface area contributed by atoms with Crippen LogP contribution in [0.5, 0.6) is 0 Å². The summed E-state index contributed by atoms with van der Waals surface area (Å²) < 4.78 is 13.1. The highest BCUT2D eigenvalue weighted by atomic mass is 19.1. The topological polar surface area (TPSA) is 58.2 Å². The van der Waals surface area contributed by atoms with E-state index >= 15 is 0 Å². The molecule has 0 aliphatic heterocycles. The molecule has 21 heavy (non-hydrogen) atoms. The first-order valence-corrected chi connectivity index (χ1v) is 6.41. The zero-order valence-electron chi connectivity index (χ0n) is 11.7. The number of nitrogens with one attached hydrogen (secondary N) is 2. The number of rotatable bonds is 3. The van der Waals surface area contributed by atoms with Gasteiger partial charge in [-0.1, -0.05) is 6.07 Å². The highest BCUT2D eigenvalue weighted by Gasteiger charge is 2.06.